The molecule has 0 aliphatic rings. The van der Waals surface area contributed by atoms with Crippen molar-refractivity contribution in [2.24, 2.45) is 5.73 Å². The quantitative estimate of drug-likeness (QED) is 0.604. The van der Waals surface area contributed by atoms with Crippen LogP contribution in [0.5, 0.6) is 11.5 Å². The van der Waals surface area contributed by atoms with Gasteiger partial charge < -0.3 is 10.5 Å². The Labute approximate surface area is 126 Å². The standard InChI is InChI=1S/C13H9Br2FN2O/c14-8-2-4-11(9(15)6-8)19-12-3-1-7(13(17)18)5-10(12)16/h1-6H,(H3,17,18). The molecule has 19 heavy (non-hydrogen) atoms. The van der Waals surface area contributed by atoms with Crippen molar-refractivity contribution in [2.45, 2.75) is 0 Å². The van der Waals surface area contributed by atoms with Gasteiger partial charge in [0.25, 0.3) is 0 Å². The molecule has 0 atom stereocenters. The molecule has 0 unspecified atom stereocenters. The molecule has 98 valence electrons. The van der Waals surface area contributed by atoms with E-state index in [9.17, 15) is 4.39 Å². The Bertz CT molecular complexity index is 647. The van der Waals surface area contributed by atoms with E-state index in [1.165, 1.54) is 18.2 Å². The Kier molecular flexibility index (Phi) is 4.21. The van der Waals surface area contributed by atoms with Crippen molar-refractivity contribution >= 4 is 37.7 Å². The Balaban J connectivity index is 2.31. The molecule has 0 spiro atoms. The summed E-state index contributed by atoms with van der Waals surface area (Å²) in [6, 6.07) is 9.46. The fourth-order valence-electron chi connectivity index (χ4n) is 1.43. The molecule has 0 aliphatic heterocycles. The largest absolute Gasteiger partial charge is 0.453 e. The number of halogens is 3. The van der Waals surface area contributed by atoms with Crippen LogP contribution < -0.4 is 10.5 Å². The van der Waals surface area contributed by atoms with Crippen LogP contribution in [0.15, 0.2) is 45.3 Å². The van der Waals surface area contributed by atoms with Gasteiger partial charge in [0.05, 0.1) is 4.47 Å². The summed E-state index contributed by atoms with van der Waals surface area (Å²) in [5, 5.41) is 7.24. The summed E-state index contributed by atoms with van der Waals surface area (Å²) in [6.07, 6.45) is 0. The molecule has 0 aliphatic carbocycles. The minimum absolute atomic E-state index is 0.0769. The lowest BCUT2D eigenvalue weighted by atomic mass is 10.2. The Morgan fingerprint density at radius 3 is 2.37 bits per heavy atom. The first-order valence-corrected chi connectivity index (χ1v) is 6.83. The smallest absolute Gasteiger partial charge is 0.166 e. The highest BCUT2D eigenvalue weighted by Crippen LogP contribution is 2.33. The number of nitrogens with two attached hydrogens (primary N) is 1. The lowest BCUT2D eigenvalue weighted by molar-refractivity contribution is 0.440. The second-order valence-electron chi connectivity index (χ2n) is 3.74. The SMILES string of the molecule is N=C(N)c1ccc(Oc2ccc(Br)cc2Br)c(F)c1. The number of hydrogen-bond acceptors (Lipinski definition) is 2. The average Bonchev–Trinajstić information content (AvgIpc) is 2.34. The molecule has 3 N–H and O–H groups in total. The van der Waals surface area contributed by atoms with Gasteiger partial charge in [-0.1, -0.05) is 15.9 Å². The van der Waals surface area contributed by atoms with Crippen LogP contribution in [0.4, 0.5) is 4.39 Å². The number of nitrogen functional groups attached to an aromatic ring is 1. The van der Waals surface area contributed by atoms with Gasteiger partial charge in [0.1, 0.15) is 11.6 Å². The zero-order valence-electron chi connectivity index (χ0n) is 9.58. The van der Waals surface area contributed by atoms with Crippen LogP contribution in [0.1, 0.15) is 5.56 Å². The summed E-state index contributed by atoms with van der Waals surface area (Å²) in [5.41, 5.74) is 5.61. The fourth-order valence-corrected chi connectivity index (χ4v) is 2.56. The number of amidine groups is 1. The highest BCUT2D eigenvalue weighted by Gasteiger charge is 2.09. The van der Waals surface area contributed by atoms with Crippen molar-refractivity contribution in [1.82, 2.24) is 0 Å². The van der Waals surface area contributed by atoms with Crippen molar-refractivity contribution in [3.63, 3.8) is 0 Å². The molecule has 2 rings (SSSR count). The van der Waals surface area contributed by atoms with E-state index in [2.05, 4.69) is 31.9 Å². The Hall–Kier alpha value is -1.40. The fraction of sp³-hybridized carbons (Fsp3) is 0. The van der Waals surface area contributed by atoms with Gasteiger partial charge in [-0.2, -0.15) is 0 Å². The molecular weight excluding hydrogens is 379 g/mol. The molecule has 0 aromatic heterocycles. The van der Waals surface area contributed by atoms with Gasteiger partial charge in [-0.05, 0) is 52.3 Å². The second-order valence-corrected chi connectivity index (χ2v) is 5.51. The molecule has 0 bridgehead atoms. The number of ether oxygens (including phenoxy) is 1. The molecule has 2 aromatic rings. The summed E-state index contributed by atoms with van der Waals surface area (Å²) < 4.78 is 20.9. The van der Waals surface area contributed by atoms with Crippen molar-refractivity contribution in [2.75, 3.05) is 0 Å². The normalized spacial score (nSPS) is 10.3. The number of benzene rings is 2. The first-order chi connectivity index (χ1) is 8.97. The highest BCUT2D eigenvalue weighted by molar-refractivity contribution is 9.11. The minimum atomic E-state index is -0.567. The first kappa shape index (κ1) is 14.0. The van der Waals surface area contributed by atoms with E-state index < -0.39 is 5.82 Å². The first-order valence-electron chi connectivity index (χ1n) is 5.24. The summed E-state index contributed by atoms with van der Waals surface area (Å²) in [7, 11) is 0. The third-order valence-corrected chi connectivity index (χ3v) is 3.47. The van der Waals surface area contributed by atoms with Crippen molar-refractivity contribution in [1.29, 1.82) is 5.41 Å². The number of rotatable bonds is 3. The van der Waals surface area contributed by atoms with Crippen LogP contribution in [0.2, 0.25) is 0 Å². The maximum Gasteiger partial charge on any atom is 0.166 e. The van der Waals surface area contributed by atoms with E-state index in [0.717, 1.165) is 4.47 Å². The van der Waals surface area contributed by atoms with Gasteiger partial charge >= 0.3 is 0 Å². The maximum atomic E-state index is 13.8. The summed E-state index contributed by atoms with van der Waals surface area (Å²) in [5.74, 6) is -0.177. The highest BCUT2D eigenvalue weighted by atomic mass is 79.9. The van der Waals surface area contributed by atoms with Gasteiger partial charge in [-0.15, -0.1) is 0 Å². The van der Waals surface area contributed by atoms with Crippen LogP contribution in [-0.2, 0) is 0 Å². The third-order valence-electron chi connectivity index (χ3n) is 2.36. The van der Waals surface area contributed by atoms with Crippen molar-refractivity contribution in [3.05, 3.63) is 56.7 Å². The molecule has 0 heterocycles. The Morgan fingerprint density at radius 1 is 1.11 bits per heavy atom. The predicted octanol–water partition coefficient (Wildman–Crippen LogP) is 4.43. The number of hydrogen-bond donors (Lipinski definition) is 2. The Morgan fingerprint density at radius 2 is 1.79 bits per heavy atom. The molecule has 0 saturated heterocycles. The molecule has 6 heteroatoms. The van der Waals surface area contributed by atoms with Crippen LogP contribution in [0, 0.1) is 11.2 Å². The van der Waals surface area contributed by atoms with Crippen LogP contribution in [0.25, 0.3) is 0 Å². The van der Waals surface area contributed by atoms with Gasteiger partial charge in [0.15, 0.2) is 11.6 Å². The summed E-state index contributed by atoms with van der Waals surface area (Å²) in [4.78, 5) is 0. The zero-order chi connectivity index (χ0) is 14.0. The molecule has 2 aromatic carbocycles. The molecule has 3 nitrogen and oxygen atoms in total. The topological polar surface area (TPSA) is 59.1 Å². The van der Waals surface area contributed by atoms with Crippen molar-refractivity contribution < 1.29 is 9.13 Å². The molecule has 0 saturated carbocycles. The van der Waals surface area contributed by atoms with Gasteiger partial charge in [0.2, 0.25) is 0 Å². The van der Waals surface area contributed by atoms with E-state index in [1.54, 1.807) is 18.2 Å². The number of nitrogens with one attached hydrogen (secondary N) is 1. The van der Waals surface area contributed by atoms with Gasteiger partial charge in [0, 0.05) is 10.0 Å². The van der Waals surface area contributed by atoms with Crippen LogP contribution in [0.3, 0.4) is 0 Å². The average molecular weight is 388 g/mol. The van der Waals surface area contributed by atoms with Gasteiger partial charge in [-0.3, -0.25) is 5.41 Å². The molecule has 0 fully saturated rings. The second kappa shape index (κ2) is 5.71. The van der Waals surface area contributed by atoms with Crippen LogP contribution >= 0.6 is 31.9 Å². The molecular formula is C13H9Br2FN2O. The minimum Gasteiger partial charge on any atom is -0.453 e. The maximum absolute atomic E-state index is 13.8. The van der Waals surface area contributed by atoms with E-state index in [0.29, 0.717) is 15.8 Å². The molecule has 0 radical (unpaired) electrons. The van der Waals surface area contributed by atoms with E-state index in [4.69, 9.17) is 15.9 Å². The third kappa shape index (κ3) is 3.33. The van der Waals surface area contributed by atoms with Crippen LogP contribution in [-0.4, -0.2) is 5.84 Å². The summed E-state index contributed by atoms with van der Waals surface area (Å²) >= 11 is 6.66. The van der Waals surface area contributed by atoms with E-state index >= 15 is 0 Å². The van der Waals surface area contributed by atoms with E-state index in [-0.39, 0.29) is 11.6 Å². The zero-order valence-corrected chi connectivity index (χ0v) is 12.8. The lowest BCUT2D eigenvalue weighted by Crippen LogP contribution is -2.11. The lowest BCUT2D eigenvalue weighted by Gasteiger charge is -2.09. The molecule has 0 amide bonds. The van der Waals surface area contributed by atoms with Crippen molar-refractivity contribution in [3.8, 4) is 11.5 Å². The van der Waals surface area contributed by atoms with Gasteiger partial charge in [-0.25, -0.2) is 4.39 Å². The monoisotopic (exact) mass is 386 g/mol. The summed E-state index contributed by atoms with van der Waals surface area (Å²) in [6.45, 7) is 0. The predicted molar refractivity (Wildman–Crippen MR) is 79.3 cm³/mol. The van der Waals surface area contributed by atoms with E-state index in [1.807, 2.05) is 0 Å².